The van der Waals surface area contributed by atoms with Crippen LogP contribution < -0.4 is 5.30 Å². The molecule has 12 heavy (non-hydrogen) atoms. The summed E-state index contributed by atoms with van der Waals surface area (Å²) in [6, 6.07) is 10.5. The van der Waals surface area contributed by atoms with Crippen LogP contribution in [-0.4, -0.2) is 12.6 Å². The molecule has 0 saturated heterocycles. The van der Waals surface area contributed by atoms with Gasteiger partial charge in [-0.05, 0) is 6.92 Å². The number of rotatable bonds is 4. The molecule has 1 aromatic rings. The van der Waals surface area contributed by atoms with Crippen LogP contribution in [0.15, 0.2) is 30.3 Å². The molecule has 0 bridgehead atoms. The van der Waals surface area contributed by atoms with E-state index in [1.54, 1.807) is 0 Å². The Morgan fingerprint density at radius 2 is 2.08 bits per heavy atom. The van der Waals surface area contributed by atoms with Gasteiger partial charge >= 0.3 is 0 Å². The Morgan fingerprint density at radius 3 is 2.58 bits per heavy atom. The zero-order chi connectivity index (χ0) is 8.81. The van der Waals surface area contributed by atoms with E-state index in [-0.39, 0.29) is 0 Å². The Balaban J connectivity index is 2.73. The Kier molecular flexibility index (Phi) is 3.92. The van der Waals surface area contributed by atoms with Gasteiger partial charge in [0.25, 0.3) is 0 Å². The Morgan fingerprint density at radius 1 is 1.42 bits per heavy atom. The lowest BCUT2D eigenvalue weighted by atomic mass is 10.4. The van der Waals surface area contributed by atoms with Crippen molar-refractivity contribution >= 4 is 19.5 Å². The molecule has 0 spiro atoms. The maximum Gasteiger partial charge on any atom is 0.173 e. The molecule has 0 amide bonds. The van der Waals surface area contributed by atoms with Gasteiger partial charge < -0.3 is 4.52 Å². The first kappa shape index (κ1) is 9.37. The summed E-state index contributed by atoms with van der Waals surface area (Å²) in [5, 5.41) is 0.976. The van der Waals surface area contributed by atoms with Crippen LogP contribution in [0.2, 0.25) is 0 Å². The summed E-state index contributed by atoms with van der Waals surface area (Å²) in [7, 11) is -1.03. The van der Waals surface area contributed by atoms with Gasteiger partial charge in [-0.1, -0.05) is 30.3 Å². The molecule has 0 N–H and O–H groups in total. The van der Waals surface area contributed by atoms with E-state index in [1.165, 1.54) is 0 Å². The third kappa shape index (κ3) is 2.40. The fourth-order valence-electron chi connectivity index (χ4n) is 0.880. The topological polar surface area (TPSA) is 26.3 Å². The zero-order valence-electron chi connectivity index (χ0n) is 6.93. The lowest BCUT2D eigenvalue weighted by Crippen LogP contribution is -2.02. The van der Waals surface area contributed by atoms with Gasteiger partial charge in [-0.25, -0.2) is 0 Å². The zero-order valence-corrected chi connectivity index (χ0v) is 7.83. The Bertz CT molecular complexity index is 236. The van der Waals surface area contributed by atoms with Gasteiger partial charge in [-0.3, -0.25) is 4.79 Å². The molecule has 0 fully saturated rings. The first-order valence-corrected chi connectivity index (χ1v) is 5.14. The second-order valence-electron chi connectivity index (χ2n) is 2.18. The van der Waals surface area contributed by atoms with E-state index in [1.807, 2.05) is 37.3 Å². The van der Waals surface area contributed by atoms with E-state index < -0.39 is 8.15 Å². The third-order valence-corrected chi connectivity index (χ3v) is 2.91. The normalized spacial score (nSPS) is 12.4. The van der Waals surface area contributed by atoms with Gasteiger partial charge in [0, 0.05) is 11.9 Å². The smallest absolute Gasteiger partial charge is 0.173 e. The van der Waals surface area contributed by atoms with Crippen LogP contribution in [0.5, 0.6) is 0 Å². The van der Waals surface area contributed by atoms with Gasteiger partial charge in [0.05, 0.1) is 0 Å². The molecule has 1 aromatic carbocycles. The van der Waals surface area contributed by atoms with Crippen molar-refractivity contribution in [2.24, 2.45) is 0 Å². The quantitative estimate of drug-likeness (QED) is 0.525. The van der Waals surface area contributed by atoms with Crippen LogP contribution in [0.25, 0.3) is 0 Å². The third-order valence-electron chi connectivity index (χ3n) is 1.37. The molecule has 0 saturated carbocycles. The monoisotopic (exact) mass is 182 g/mol. The summed E-state index contributed by atoms with van der Waals surface area (Å²) >= 11 is 0. The van der Waals surface area contributed by atoms with Gasteiger partial charge in [0.1, 0.15) is 8.15 Å². The lowest BCUT2D eigenvalue weighted by molar-refractivity contribution is 0.387. The molecule has 0 heterocycles. The minimum absolute atomic E-state index is 0.583. The molecule has 0 aliphatic carbocycles. The minimum Gasteiger partial charge on any atom is -0.347 e. The van der Waals surface area contributed by atoms with Crippen molar-refractivity contribution < 1.29 is 9.32 Å². The maximum atomic E-state index is 10.6. The summed E-state index contributed by atoms with van der Waals surface area (Å²) < 4.78 is 5.27. The highest BCUT2D eigenvalue weighted by molar-refractivity contribution is 7.75. The number of carbonyl (C=O) groups excluding carboxylic acids is 1. The SMILES string of the molecule is CCOP(C=O)c1ccccc1. The summed E-state index contributed by atoms with van der Waals surface area (Å²) in [5.41, 5.74) is 0. The Labute approximate surface area is 73.4 Å². The van der Waals surface area contributed by atoms with E-state index in [9.17, 15) is 4.79 Å². The molecule has 2 nitrogen and oxygen atoms in total. The number of hydrogen-bond donors (Lipinski definition) is 0. The van der Waals surface area contributed by atoms with Crippen LogP contribution >= 0.6 is 8.15 Å². The summed E-state index contributed by atoms with van der Waals surface area (Å²) in [4.78, 5) is 10.6. The molecule has 1 rings (SSSR count). The molecule has 0 aliphatic heterocycles. The summed E-state index contributed by atoms with van der Waals surface area (Å²) in [6.07, 6.45) is 0. The molecule has 0 aromatic heterocycles. The molecule has 1 atom stereocenters. The predicted molar refractivity (Wildman–Crippen MR) is 51.4 cm³/mol. The van der Waals surface area contributed by atoms with Gasteiger partial charge in [0.15, 0.2) is 6.03 Å². The first-order valence-electron chi connectivity index (χ1n) is 3.81. The minimum atomic E-state index is -1.03. The van der Waals surface area contributed by atoms with Crippen molar-refractivity contribution in [2.75, 3.05) is 6.61 Å². The van der Waals surface area contributed by atoms with Crippen molar-refractivity contribution in [3.05, 3.63) is 30.3 Å². The van der Waals surface area contributed by atoms with Gasteiger partial charge in [0.2, 0.25) is 0 Å². The fourth-order valence-corrected chi connectivity index (χ4v) is 1.96. The number of carbonyl (C=O) groups is 1. The molecule has 1 unspecified atom stereocenters. The molecule has 0 radical (unpaired) electrons. The molecule has 3 heteroatoms. The van der Waals surface area contributed by atoms with E-state index in [0.29, 0.717) is 6.61 Å². The summed E-state index contributed by atoms with van der Waals surface area (Å²) in [5.74, 6) is 0. The summed E-state index contributed by atoms with van der Waals surface area (Å²) in [6.45, 7) is 2.47. The van der Waals surface area contributed by atoms with Crippen LogP contribution in [-0.2, 0) is 9.32 Å². The van der Waals surface area contributed by atoms with Crippen LogP contribution in [0.4, 0.5) is 0 Å². The van der Waals surface area contributed by atoms with Crippen LogP contribution in [0, 0.1) is 0 Å². The second-order valence-corrected chi connectivity index (χ2v) is 3.82. The lowest BCUT2D eigenvalue weighted by Gasteiger charge is -2.08. The van der Waals surface area contributed by atoms with Gasteiger partial charge in [-0.15, -0.1) is 0 Å². The first-order chi connectivity index (χ1) is 5.88. The average Bonchev–Trinajstić information content (AvgIpc) is 2.15. The van der Waals surface area contributed by atoms with E-state index in [0.717, 1.165) is 11.3 Å². The highest BCUT2D eigenvalue weighted by Gasteiger charge is 2.08. The van der Waals surface area contributed by atoms with Crippen molar-refractivity contribution in [2.45, 2.75) is 6.92 Å². The van der Waals surface area contributed by atoms with E-state index >= 15 is 0 Å². The predicted octanol–water partition coefficient (Wildman–Crippen LogP) is 1.94. The molecule has 0 aliphatic rings. The standard InChI is InChI=1S/C9H11O2P/c1-2-11-12(8-10)9-6-4-3-5-7-9/h3-8H,2H2,1H3. The largest absolute Gasteiger partial charge is 0.347 e. The second kappa shape index (κ2) is 5.02. The number of hydrogen-bond acceptors (Lipinski definition) is 2. The van der Waals surface area contributed by atoms with E-state index in [2.05, 4.69) is 0 Å². The van der Waals surface area contributed by atoms with Gasteiger partial charge in [-0.2, -0.15) is 0 Å². The fraction of sp³-hybridized carbons (Fsp3) is 0.222. The van der Waals surface area contributed by atoms with Crippen molar-refractivity contribution in [1.82, 2.24) is 0 Å². The van der Waals surface area contributed by atoms with Crippen molar-refractivity contribution in [3.8, 4) is 0 Å². The van der Waals surface area contributed by atoms with Crippen molar-refractivity contribution in [3.63, 3.8) is 0 Å². The molecule has 64 valence electrons. The molecular formula is C9H11O2P. The van der Waals surface area contributed by atoms with Crippen LogP contribution in [0.1, 0.15) is 6.92 Å². The number of benzene rings is 1. The molecular weight excluding hydrogens is 171 g/mol. The maximum absolute atomic E-state index is 10.6. The Hall–Kier alpha value is -0.720. The van der Waals surface area contributed by atoms with E-state index in [4.69, 9.17) is 4.52 Å². The van der Waals surface area contributed by atoms with Crippen LogP contribution in [0.3, 0.4) is 0 Å². The average molecular weight is 182 g/mol. The highest BCUT2D eigenvalue weighted by Crippen LogP contribution is 2.30. The highest BCUT2D eigenvalue weighted by atomic mass is 31.1. The van der Waals surface area contributed by atoms with Crippen molar-refractivity contribution in [1.29, 1.82) is 0 Å².